The first-order valence-electron chi connectivity index (χ1n) is 8.61. The van der Waals surface area contributed by atoms with Gasteiger partial charge < -0.3 is 10.2 Å². The van der Waals surface area contributed by atoms with E-state index in [1.54, 1.807) is 19.3 Å². The Morgan fingerprint density at radius 2 is 2.17 bits per heavy atom. The maximum atomic E-state index is 12.2. The minimum absolute atomic E-state index is 0.101. The van der Waals surface area contributed by atoms with Crippen LogP contribution in [0.5, 0.6) is 0 Å². The van der Waals surface area contributed by atoms with E-state index in [4.69, 9.17) is 0 Å². The molecule has 2 heterocycles. The van der Waals surface area contributed by atoms with Crippen LogP contribution >= 0.6 is 0 Å². The standard InChI is InChI=1S/C17H28N4O2/c1-4-14(5-2)19-16(22)9-13-7-6-8-21(12-13)15-10-17(23)20(3)18-11-15/h10-11,13-14H,4-9,12H2,1-3H3,(H,19,22). The number of hydrogen-bond acceptors (Lipinski definition) is 4. The van der Waals surface area contributed by atoms with Crippen LogP contribution in [0, 0.1) is 5.92 Å². The number of carbonyl (C=O) groups excluding carboxylic acids is 1. The number of piperidine rings is 1. The molecule has 2 rings (SSSR count). The van der Waals surface area contributed by atoms with Gasteiger partial charge in [0.15, 0.2) is 0 Å². The Morgan fingerprint density at radius 3 is 2.83 bits per heavy atom. The molecule has 0 saturated carbocycles. The molecule has 1 N–H and O–H groups in total. The molecule has 1 fully saturated rings. The van der Waals surface area contributed by atoms with Crippen molar-refractivity contribution in [2.75, 3.05) is 18.0 Å². The average molecular weight is 320 g/mol. The molecule has 1 aliphatic heterocycles. The van der Waals surface area contributed by atoms with Gasteiger partial charge in [-0.15, -0.1) is 0 Å². The highest BCUT2D eigenvalue weighted by Gasteiger charge is 2.23. The van der Waals surface area contributed by atoms with Crippen LogP contribution in [0.3, 0.4) is 0 Å². The molecule has 0 bridgehead atoms. The lowest BCUT2D eigenvalue weighted by Gasteiger charge is -2.34. The number of aryl methyl sites for hydroxylation is 1. The summed E-state index contributed by atoms with van der Waals surface area (Å²) >= 11 is 0. The summed E-state index contributed by atoms with van der Waals surface area (Å²) in [6, 6.07) is 1.91. The van der Waals surface area contributed by atoms with Crippen LogP contribution in [-0.4, -0.2) is 34.8 Å². The van der Waals surface area contributed by atoms with E-state index in [0.717, 1.165) is 44.5 Å². The summed E-state index contributed by atoms with van der Waals surface area (Å²) in [6.07, 6.45) is 6.33. The van der Waals surface area contributed by atoms with E-state index in [9.17, 15) is 9.59 Å². The first-order chi connectivity index (χ1) is 11.0. The number of rotatable bonds is 6. The van der Waals surface area contributed by atoms with Crippen LogP contribution in [0.2, 0.25) is 0 Å². The smallest absolute Gasteiger partial charge is 0.268 e. The maximum absolute atomic E-state index is 12.2. The van der Waals surface area contributed by atoms with E-state index in [0.29, 0.717) is 12.3 Å². The van der Waals surface area contributed by atoms with Crippen molar-refractivity contribution < 1.29 is 4.79 Å². The van der Waals surface area contributed by atoms with Crippen LogP contribution in [-0.2, 0) is 11.8 Å². The zero-order valence-electron chi connectivity index (χ0n) is 14.4. The molecule has 1 amide bonds. The van der Waals surface area contributed by atoms with E-state index >= 15 is 0 Å². The summed E-state index contributed by atoms with van der Waals surface area (Å²) in [4.78, 5) is 26.1. The van der Waals surface area contributed by atoms with Crippen molar-refractivity contribution in [3.05, 3.63) is 22.6 Å². The highest BCUT2D eigenvalue weighted by molar-refractivity contribution is 5.76. The minimum Gasteiger partial charge on any atom is -0.370 e. The van der Waals surface area contributed by atoms with Crippen molar-refractivity contribution >= 4 is 11.6 Å². The van der Waals surface area contributed by atoms with Gasteiger partial charge in [0.25, 0.3) is 5.56 Å². The third-order valence-electron chi connectivity index (χ3n) is 4.66. The lowest BCUT2D eigenvalue weighted by atomic mass is 9.94. The minimum atomic E-state index is -0.101. The molecule has 6 nitrogen and oxygen atoms in total. The topological polar surface area (TPSA) is 67.2 Å². The molecule has 128 valence electrons. The van der Waals surface area contributed by atoms with Crippen molar-refractivity contribution in [3.63, 3.8) is 0 Å². The Kier molecular flexibility index (Phi) is 6.19. The quantitative estimate of drug-likeness (QED) is 0.866. The van der Waals surface area contributed by atoms with Crippen LogP contribution in [0.1, 0.15) is 46.0 Å². The third-order valence-corrected chi connectivity index (χ3v) is 4.66. The Hall–Kier alpha value is -1.85. The van der Waals surface area contributed by atoms with Gasteiger partial charge >= 0.3 is 0 Å². The van der Waals surface area contributed by atoms with Crippen LogP contribution in [0.15, 0.2) is 17.1 Å². The summed E-state index contributed by atoms with van der Waals surface area (Å²) in [7, 11) is 1.65. The Bertz CT molecular complexity index is 580. The first kappa shape index (κ1) is 17.5. The average Bonchev–Trinajstić information content (AvgIpc) is 2.55. The summed E-state index contributed by atoms with van der Waals surface area (Å²) in [5.74, 6) is 0.481. The fraction of sp³-hybridized carbons (Fsp3) is 0.706. The normalized spacial score (nSPS) is 18.3. The highest BCUT2D eigenvalue weighted by Crippen LogP contribution is 2.23. The van der Waals surface area contributed by atoms with Crippen molar-refractivity contribution in [2.24, 2.45) is 13.0 Å². The molecule has 0 aliphatic carbocycles. The molecule has 0 radical (unpaired) electrons. The summed E-state index contributed by atoms with van der Waals surface area (Å²) in [5, 5.41) is 7.20. The number of nitrogens with zero attached hydrogens (tertiary/aromatic N) is 3. The van der Waals surface area contributed by atoms with E-state index in [2.05, 4.69) is 29.2 Å². The zero-order chi connectivity index (χ0) is 16.8. The zero-order valence-corrected chi connectivity index (χ0v) is 14.4. The van der Waals surface area contributed by atoms with Gasteiger partial charge in [-0.25, -0.2) is 4.68 Å². The fourth-order valence-corrected chi connectivity index (χ4v) is 3.14. The molecule has 0 aromatic carbocycles. The van der Waals surface area contributed by atoms with Crippen LogP contribution < -0.4 is 15.8 Å². The molecule has 1 atom stereocenters. The monoisotopic (exact) mass is 320 g/mol. The van der Waals surface area contributed by atoms with Gasteiger partial charge in [0.05, 0.1) is 11.9 Å². The molecule has 1 saturated heterocycles. The number of carbonyl (C=O) groups is 1. The summed E-state index contributed by atoms with van der Waals surface area (Å²) in [6.45, 7) is 5.92. The molecule has 1 aromatic heterocycles. The van der Waals surface area contributed by atoms with E-state index in [1.807, 2.05) is 0 Å². The molecular weight excluding hydrogens is 292 g/mol. The van der Waals surface area contributed by atoms with Gasteiger partial charge in [0, 0.05) is 38.7 Å². The second-order valence-corrected chi connectivity index (χ2v) is 6.41. The van der Waals surface area contributed by atoms with Gasteiger partial charge in [0.1, 0.15) is 0 Å². The van der Waals surface area contributed by atoms with Crippen LogP contribution in [0.4, 0.5) is 5.69 Å². The summed E-state index contributed by atoms with van der Waals surface area (Å²) < 4.78 is 1.33. The third kappa shape index (κ3) is 4.81. The first-order valence-corrected chi connectivity index (χ1v) is 8.61. The SMILES string of the molecule is CCC(CC)NC(=O)CC1CCCN(c2cnn(C)c(=O)c2)C1. The van der Waals surface area contributed by atoms with Crippen molar-refractivity contribution in [1.82, 2.24) is 15.1 Å². The Balaban J connectivity index is 1.94. The number of anilines is 1. The van der Waals surface area contributed by atoms with Gasteiger partial charge in [-0.2, -0.15) is 5.10 Å². The van der Waals surface area contributed by atoms with Crippen molar-refractivity contribution in [1.29, 1.82) is 0 Å². The lowest BCUT2D eigenvalue weighted by molar-refractivity contribution is -0.122. The molecule has 6 heteroatoms. The molecule has 1 aliphatic rings. The predicted molar refractivity (Wildman–Crippen MR) is 91.5 cm³/mol. The molecule has 23 heavy (non-hydrogen) atoms. The lowest BCUT2D eigenvalue weighted by Crippen LogP contribution is -2.40. The number of aromatic nitrogens is 2. The maximum Gasteiger partial charge on any atom is 0.268 e. The molecular formula is C17H28N4O2. The largest absolute Gasteiger partial charge is 0.370 e. The van der Waals surface area contributed by atoms with Gasteiger partial charge in [0.2, 0.25) is 5.91 Å². The number of nitrogens with one attached hydrogen (secondary N) is 1. The van der Waals surface area contributed by atoms with E-state index in [1.165, 1.54) is 4.68 Å². The van der Waals surface area contributed by atoms with E-state index in [-0.39, 0.29) is 17.5 Å². The van der Waals surface area contributed by atoms with Gasteiger partial charge in [-0.05, 0) is 31.6 Å². The van der Waals surface area contributed by atoms with Crippen LogP contribution in [0.25, 0.3) is 0 Å². The van der Waals surface area contributed by atoms with Gasteiger partial charge in [-0.3, -0.25) is 9.59 Å². The Labute approximate surface area is 137 Å². The van der Waals surface area contributed by atoms with Crippen molar-refractivity contribution in [3.8, 4) is 0 Å². The Morgan fingerprint density at radius 1 is 1.43 bits per heavy atom. The summed E-state index contributed by atoms with van der Waals surface area (Å²) in [5.41, 5.74) is 0.759. The second-order valence-electron chi connectivity index (χ2n) is 6.41. The van der Waals surface area contributed by atoms with E-state index < -0.39 is 0 Å². The molecule has 1 unspecified atom stereocenters. The fourth-order valence-electron chi connectivity index (χ4n) is 3.14. The second kappa shape index (κ2) is 8.13. The van der Waals surface area contributed by atoms with Gasteiger partial charge in [-0.1, -0.05) is 13.8 Å². The highest BCUT2D eigenvalue weighted by atomic mass is 16.1. The van der Waals surface area contributed by atoms with Crippen molar-refractivity contribution in [2.45, 2.75) is 52.0 Å². The molecule has 0 spiro atoms. The predicted octanol–water partition coefficient (Wildman–Crippen LogP) is 1.69. The number of hydrogen-bond donors (Lipinski definition) is 1. The number of amides is 1. The molecule has 1 aromatic rings.